The highest BCUT2D eigenvalue weighted by Gasteiger charge is 2.35. The first-order valence-corrected chi connectivity index (χ1v) is 17.6. The van der Waals surface area contributed by atoms with Crippen LogP contribution in [0.4, 0.5) is 5.69 Å². The molecule has 2 amide bonds. The molecule has 11 heteroatoms. The Balaban J connectivity index is 1.81. The van der Waals surface area contributed by atoms with Gasteiger partial charge in [-0.1, -0.05) is 84.7 Å². The molecule has 0 aliphatic carbocycles. The summed E-state index contributed by atoms with van der Waals surface area (Å²) in [5.41, 5.74) is 1.55. The van der Waals surface area contributed by atoms with Gasteiger partial charge in [0, 0.05) is 34.6 Å². The summed E-state index contributed by atoms with van der Waals surface area (Å²) in [6, 6.07) is 27.6. The molecule has 248 valence electrons. The summed E-state index contributed by atoms with van der Waals surface area (Å²) in [5.74, 6) is -0.465. The Morgan fingerprint density at radius 1 is 0.830 bits per heavy atom. The summed E-state index contributed by atoms with van der Waals surface area (Å²) < 4.78 is 34.9. The number of sulfonamides is 1. The van der Waals surface area contributed by atoms with E-state index in [0.717, 1.165) is 9.87 Å². The molecule has 4 rings (SSSR count). The Labute approximate surface area is 287 Å². The Morgan fingerprint density at radius 3 is 2.00 bits per heavy atom. The zero-order valence-electron chi connectivity index (χ0n) is 26.6. The molecule has 0 saturated carbocycles. The minimum Gasteiger partial charge on any atom is -0.494 e. The molecule has 8 nitrogen and oxygen atoms in total. The number of carbonyl (C=O) groups is 2. The van der Waals surface area contributed by atoms with Crippen molar-refractivity contribution >= 4 is 50.7 Å². The van der Waals surface area contributed by atoms with Gasteiger partial charge in [0.05, 0.1) is 17.2 Å². The van der Waals surface area contributed by atoms with Crippen molar-refractivity contribution in [1.29, 1.82) is 0 Å². The molecule has 2 atom stereocenters. The molecule has 4 aromatic rings. The summed E-state index contributed by atoms with van der Waals surface area (Å²) in [7, 11) is -4.25. The molecule has 0 spiro atoms. The average Bonchev–Trinajstić information content (AvgIpc) is 3.07. The minimum absolute atomic E-state index is 0.0198. The average molecular weight is 697 g/mol. The second-order valence-electron chi connectivity index (χ2n) is 11.0. The Bertz CT molecular complexity index is 1720. The molecule has 47 heavy (non-hydrogen) atoms. The van der Waals surface area contributed by atoms with Crippen LogP contribution in [-0.2, 0) is 32.6 Å². The molecular weight excluding hydrogens is 657 g/mol. The number of benzene rings is 4. The molecule has 0 fully saturated rings. The van der Waals surface area contributed by atoms with Crippen LogP contribution < -0.4 is 14.4 Å². The summed E-state index contributed by atoms with van der Waals surface area (Å²) in [6.45, 7) is 5.38. The maximum atomic E-state index is 14.6. The van der Waals surface area contributed by atoms with E-state index in [2.05, 4.69) is 5.32 Å². The van der Waals surface area contributed by atoms with Crippen molar-refractivity contribution in [3.63, 3.8) is 0 Å². The van der Waals surface area contributed by atoms with Gasteiger partial charge in [0.25, 0.3) is 10.0 Å². The van der Waals surface area contributed by atoms with Crippen LogP contribution in [0.3, 0.4) is 0 Å². The van der Waals surface area contributed by atoms with Gasteiger partial charge in [-0.15, -0.1) is 0 Å². The van der Waals surface area contributed by atoms with Crippen molar-refractivity contribution in [2.45, 2.75) is 57.1 Å². The van der Waals surface area contributed by atoms with Gasteiger partial charge in [-0.2, -0.15) is 0 Å². The molecule has 0 bridgehead atoms. The number of halogens is 2. The maximum absolute atomic E-state index is 14.6. The first kappa shape index (κ1) is 35.8. The van der Waals surface area contributed by atoms with E-state index < -0.39 is 28.5 Å². The van der Waals surface area contributed by atoms with Crippen LogP contribution in [0, 0.1) is 0 Å². The third kappa shape index (κ3) is 9.28. The van der Waals surface area contributed by atoms with E-state index in [9.17, 15) is 18.0 Å². The molecule has 0 radical (unpaired) electrons. The van der Waals surface area contributed by atoms with Crippen LogP contribution >= 0.6 is 23.2 Å². The largest absolute Gasteiger partial charge is 0.494 e. The lowest BCUT2D eigenvalue weighted by molar-refractivity contribution is -0.140. The van der Waals surface area contributed by atoms with Gasteiger partial charge < -0.3 is 15.0 Å². The highest BCUT2D eigenvalue weighted by atomic mass is 35.5. The molecule has 0 saturated heterocycles. The van der Waals surface area contributed by atoms with Crippen molar-refractivity contribution < 1.29 is 22.7 Å². The normalized spacial score (nSPS) is 12.5. The van der Waals surface area contributed by atoms with Crippen molar-refractivity contribution in [3.05, 3.63) is 124 Å². The quantitative estimate of drug-likeness (QED) is 0.143. The van der Waals surface area contributed by atoms with Crippen LogP contribution in [0.25, 0.3) is 0 Å². The van der Waals surface area contributed by atoms with E-state index in [1.165, 1.54) is 17.0 Å². The van der Waals surface area contributed by atoms with E-state index in [4.69, 9.17) is 27.9 Å². The molecule has 0 heterocycles. The van der Waals surface area contributed by atoms with Gasteiger partial charge in [-0.3, -0.25) is 13.9 Å². The smallest absolute Gasteiger partial charge is 0.264 e. The molecule has 0 unspecified atom stereocenters. The number of anilines is 1. The summed E-state index contributed by atoms with van der Waals surface area (Å²) >= 11 is 13.2. The third-order valence-electron chi connectivity index (χ3n) is 7.71. The zero-order chi connectivity index (χ0) is 34.0. The Morgan fingerprint density at radius 2 is 1.43 bits per heavy atom. The number of carbonyl (C=O) groups excluding carboxylic acids is 2. The second-order valence-corrected chi connectivity index (χ2v) is 13.7. The molecule has 1 N–H and O–H groups in total. The monoisotopic (exact) mass is 695 g/mol. The van der Waals surface area contributed by atoms with E-state index in [1.807, 2.05) is 51.1 Å². The lowest BCUT2D eigenvalue weighted by Gasteiger charge is -2.34. The predicted octanol–water partition coefficient (Wildman–Crippen LogP) is 7.14. The summed E-state index contributed by atoms with van der Waals surface area (Å²) in [4.78, 5) is 29.9. The molecular formula is C36H39Cl2N3O5S. The van der Waals surface area contributed by atoms with Gasteiger partial charge in [-0.05, 0) is 74.4 Å². The van der Waals surface area contributed by atoms with Gasteiger partial charge in [0.1, 0.15) is 18.3 Å². The van der Waals surface area contributed by atoms with Crippen molar-refractivity contribution in [1.82, 2.24) is 10.2 Å². The van der Waals surface area contributed by atoms with E-state index in [-0.39, 0.29) is 35.5 Å². The molecule has 4 aromatic carbocycles. The number of nitrogens with one attached hydrogen (secondary N) is 1. The summed E-state index contributed by atoms with van der Waals surface area (Å²) in [6.07, 6.45) is 0.851. The molecule has 0 aromatic heterocycles. The van der Waals surface area contributed by atoms with Crippen LogP contribution in [0.2, 0.25) is 10.0 Å². The second kappa shape index (κ2) is 16.7. The van der Waals surface area contributed by atoms with Crippen LogP contribution in [0.1, 0.15) is 38.3 Å². The van der Waals surface area contributed by atoms with Gasteiger partial charge in [-0.25, -0.2) is 8.42 Å². The van der Waals surface area contributed by atoms with Crippen molar-refractivity contribution in [2.24, 2.45) is 0 Å². The standard InChI is InChI=1S/C36H39Cl2N3O5S/c1-4-26(3)39-36(43)34(23-27-13-8-6-9-14-27)40(24-31-32(37)17-12-18-33(31)38)35(42)25-41(28-15-10-7-11-16-28)47(44,45)30-21-19-29(20-22-30)46-5-2/h6-22,26,34H,4-5,23-25H2,1-3H3,(H,39,43)/t26-,34+/m1/s1. The highest BCUT2D eigenvalue weighted by molar-refractivity contribution is 7.92. The number of para-hydroxylation sites is 1. The number of hydrogen-bond acceptors (Lipinski definition) is 5. The lowest BCUT2D eigenvalue weighted by atomic mass is 10.0. The minimum atomic E-state index is -4.25. The van der Waals surface area contributed by atoms with Crippen LogP contribution in [-0.4, -0.2) is 50.4 Å². The SMILES string of the molecule is CCOc1ccc(S(=O)(=O)N(CC(=O)N(Cc2c(Cl)cccc2Cl)[C@@H](Cc2ccccc2)C(=O)N[C@H](C)CC)c2ccccc2)cc1. The van der Waals surface area contributed by atoms with Gasteiger partial charge in [0.2, 0.25) is 11.8 Å². The Hall–Kier alpha value is -4.05. The first-order chi connectivity index (χ1) is 22.5. The van der Waals surface area contributed by atoms with Gasteiger partial charge >= 0.3 is 0 Å². The molecule has 0 aliphatic heterocycles. The third-order valence-corrected chi connectivity index (χ3v) is 10.2. The summed E-state index contributed by atoms with van der Waals surface area (Å²) in [5, 5.41) is 3.65. The van der Waals surface area contributed by atoms with Crippen molar-refractivity contribution in [3.8, 4) is 5.75 Å². The predicted molar refractivity (Wildman–Crippen MR) is 187 cm³/mol. The van der Waals surface area contributed by atoms with E-state index >= 15 is 0 Å². The number of nitrogens with zero attached hydrogens (tertiary/aromatic N) is 2. The number of rotatable bonds is 15. The highest BCUT2D eigenvalue weighted by Crippen LogP contribution is 2.29. The topological polar surface area (TPSA) is 96.0 Å². The fraction of sp³-hybridized carbons (Fsp3) is 0.278. The van der Waals surface area contributed by atoms with Crippen molar-refractivity contribution in [2.75, 3.05) is 17.5 Å². The first-order valence-electron chi connectivity index (χ1n) is 15.4. The fourth-order valence-corrected chi connectivity index (χ4v) is 6.90. The fourth-order valence-electron chi connectivity index (χ4n) is 4.97. The number of hydrogen-bond donors (Lipinski definition) is 1. The van der Waals surface area contributed by atoms with E-state index in [0.29, 0.717) is 34.4 Å². The number of ether oxygens (including phenoxy) is 1. The zero-order valence-corrected chi connectivity index (χ0v) is 28.9. The lowest BCUT2D eigenvalue weighted by Crippen LogP contribution is -2.54. The van der Waals surface area contributed by atoms with E-state index in [1.54, 1.807) is 60.7 Å². The number of amides is 2. The Kier molecular flexibility index (Phi) is 12.7. The van der Waals surface area contributed by atoms with Crippen LogP contribution in [0.15, 0.2) is 108 Å². The maximum Gasteiger partial charge on any atom is 0.264 e. The van der Waals surface area contributed by atoms with Crippen LogP contribution in [0.5, 0.6) is 5.75 Å². The molecule has 0 aliphatic rings. The van der Waals surface area contributed by atoms with Gasteiger partial charge in [0.15, 0.2) is 0 Å².